The number of rotatable bonds is 7. The summed E-state index contributed by atoms with van der Waals surface area (Å²) in [5.74, 6) is 0.829. The van der Waals surface area contributed by atoms with Gasteiger partial charge >= 0.3 is 0 Å². The van der Waals surface area contributed by atoms with Crippen molar-refractivity contribution in [1.82, 2.24) is 5.32 Å². The fourth-order valence-electron chi connectivity index (χ4n) is 1.59. The fourth-order valence-corrected chi connectivity index (χ4v) is 1.83. The Morgan fingerprint density at radius 2 is 2.10 bits per heavy atom. The van der Waals surface area contributed by atoms with Gasteiger partial charge in [-0.15, -0.1) is 0 Å². The molecule has 1 atom stereocenters. The van der Waals surface area contributed by atoms with Crippen LogP contribution < -0.4 is 10.1 Å². The first-order chi connectivity index (χ1) is 9.40. The number of aliphatic hydroxyl groups is 1. The van der Waals surface area contributed by atoms with Gasteiger partial charge in [-0.05, 0) is 37.0 Å². The Bertz CT molecular complexity index is 447. The lowest BCUT2D eigenvalue weighted by molar-refractivity contribution is -0.123. The highest BCUT2D eigenvalue weighted by Crippen LogP contribution is 2.27. The molecule has 0 aliphatic rings. The molecule has 2 N–H and O–H groups in total. The number of aliphatic hydroxyl groups excluding tert-OH is 1. The Kier molecular flexibility index (Phi) is 6.82. The van der Waals surface area contributed by atoms with E-state index >= 15 is 0 Å². The summed E-state index contributed by atoms with van der Waals surface area (Å²) in [6.07, 6.45) is 0.358. The first-order valence-electron chi connectivity index (χ1n) is 6.77. The summed E-state index contributed by atoms with van der Waals surface area (Å²) < 4.78 is 5.37. The van der Waals surface area contributed by atoms with E-state index in [4.69, 9.17) is 16.3 Å². The second-order valence-corrected chi connectivity index (χ2v) is 5.59. The minimum atomic E-state index is -0.583. The molecule has 112 valence electrons. The molecule has 1 aromatic rings. The van der Waals surface area contributed by atoms with Gasteiger partial charge in [0, 0.05) is 6.54 Å². The molecule has 0 aliphatic carbocycles. The normalized spacial score (nSPS) is 12.3. The predicted octanol–water partition coefficient (Wildman–Crippen LogP) is 2.93. The molecule has 0 fully saturated rings. The summed E-state index contributed by atoms with van der Waals surface area (Å²) >= 11 is 6.04. The Balaban J connectivity index is 2.43. The third-order valence-electron chi connectivity index (χ3n) is 2.84. The van der Waals surface area contributed by atoms with E-state index in [0.29, 0.717) is 28.8 Å². The van der Waals surface area contributed by atoms with Crippen LogP contribution in [0.3, 0.4) is 0 Å². The van der Waals surface area contributed by atoms with Crippen molar-refractivity contribution in [1.29, 1.82) is 0 Å². The number of hydrogen-bond donors (Lipinski definition) is 2. The van der Waals surface area contributed by atoms with Gasteiger partial charge in [0.05, 0.1) is 11.1 Å². The van der Waals surface area contributed by atoms with Crippen LogP contribution in [0.2, 0.25) is 5.02 Å². The maximum absolute atomic E-state index is 11.6. The molecule has 1 rings (SSSR count). The van der Waals surface area contributed by atoms with Crippen LogP contribution in [0.15, 0.2) is 18.2 Å². The molecule has 1 aromatic carbocycles. The van der Waals surface area contributed by atoms with E-state index in [1.54, 1.807) is 25.1 Å². The molecule has 0 aliphatic heterocycles. The Morgan fingerprint density at radius 3 is 2.65 bits per heavy atom. The average Bonchev–Trinajstić information content (AvgIpc) is 2.36. The number of hydrogen-bond acceptors (Lipinski definition) is 3. The lowest BCUT2D eigenvalue weighted by Crippen LogP contribution is -2.30. The summed E-state index contributed by atoms with van der Waals surface area (Å²) in [6, 6.07) is 5.02. The van der Waals surface area contributed by atoms with Crippen LogP contribution in [0.25, 0.3) is 0 Å². The maximum atomic E-state index is 11.6. The summed E-state index contributed by atoms with van der Waals surface area (Å²) in [4.78, 5) is 11.6. The molecule has 1 amide bonds. The molecule has 4 nitrogen and oxygen atoms in total. The zero-order valence-corrected chi connectivity index (χ0v) is 12.9. The molecular weight excluding hydrogens is 278 g/mol. The Labute approximate surface area is 125 Å². The van der Waals surface area contributed by atoms with Crippen LogP contribution in [0.4, 0.5) is 0 Å². The first kappa shape index (κ1) is 16.8. The summed E-state index contributed by atoms with van der Waals surface area (Å²) in [7, 11) is 0. The van der Waals surface area contributed by atoms with Gasteiger partial charge in [0.2, 0.25) is 0 Å². The van der Waals surface area contributed by atoms with Crippen LogP contribution in [-0.2, 0) is 4.79 Å². The van der Waals surface area contributed by atoms with E-state index in [1.165, 1.54) is 0 Å². The number of halogens is 1. The molecule has 0 spiro atoms. The van der Waals surface area contributed by atoms with E-state index in [0.717, 1.165) is 6.42 Å². The second-order valence-electron chi connectivity index (χ2n) is 5.19. The molecule has 0 radical (unpaired) electrons. The lowest BCUT2D eigenvalue weighted by atomic mass is 10.1. The molecule has 0 aromatic heterocycles. The first-order valence-corrected chi connectivity index (χ1v) is 7.15. The number of carbonyl (C=O) groups is 1. The van der Waals surface area contributed by atoms with Crippen molar-refractivity contribution in [3.8, 4) is 5.75 Å². The zero-order chi connectivity index (χ0) is 15.1. The number of ether oxygens (including phenoxy) is 1. The minimum absolute atomic E-state index is 0.0637. The predicted molar refractivity (Wildman–Crippen MR) is 80.0 cm³/mol. The van der Waals surface area contributed by atoms with Gasteiger partial charge < -0.3 is 15.2 Å². The standard InChI is InChI=1S/C15H22ClNO3/c1-10(2)6-7-17-15(19)9-20-14-5-4-12(11(3)18)8-13(14)16/h4-5,8,10-11,18H,6-7,9H2,1-3H3,(H,17,19)/t11-/m1/s1. The van der Waals surface area contributed by atoms with Crippen molar-refractivity contribution in [2.24, 2.45) is 5.92 Å². The van der Waals surface area contributed by atoms with Crippen LogP contribution in [0.1, 0.15) is 38.9 Å². The average molecular weight is 300 g/mol. The monoisotopic (exact) mass is 299 g/mol. The minimum Gasteiger partial charge on any atom is -0.482 e. The van der Waals surface area contributed by atoms with Crippen LogP contribution >= 0.6 is 11.6 Å². The van der Waals surface area contributed by atoms with Crippen molar-refractivity contribution in [2.45, 2.75) is 33.3 Å². The van der Waals surface area contributed by atoms with Crippen molar-refractivity contribution < 1.29 is 14.6 Å². The molecule has 20 heavy (non-hydrogen) atoms. The van der Waals surface area contributed by atoms with Crippen molar-refractivity contribution in [2.75, 3.05) is 13.2 Å². The van der Waals surface area contributed by atoms with Gasteiger partial charge in [-0.25, -0.2) is 0 Å². The summed E-state index contributed by atoms with van der Waals surface area (Å²) in [5, 5.41) is 12.6. The number of amides is 1. The van der Waals surface area contributed by atoms with Gasteiger partial charge in [-0.2, -0.15) is 0 Å². The third kappa shape index (κ3) is 5.80. The quantitative estimate of drug-likeness (QED) is 0.814. The van der Waals surface area contributed by atoms with Crippen LogP contribution in [-0.4, -0.2) is 24.2 Å². The van der Waals surface area contributed by atoms with Gasteiger partial charge in [0.15, 0.2) is 6.61 Å². The molecule has 0 heterocycles. The third-order valence-corrected chi connectivity index (χ3v) is 3.14. The summed E-state index contributed by atoms with van der Waals surface area (Å²) in [6.45, 7) is 6.45. The SMILES string of the molecule is CC(C)CCNC(=O)COc1ccc([C@@H](C)O)cc1Cl. The van der Waals surface area contributed by atoms with Crippen molar-refractivity contribution in [3.05, 3.63) is 28.8 Å². The molecule has 0 saturated heterocycles. The Hall–Kier alpha value is -1.26. The van der Waals surface area contributed by atoms with Crippen molar-refractivity contribution >= 4 is 17.5 Å². The smallest absolute Gasteiger partial charge is 0.257 e. The van der Waals surface area contributed by atoms with Gasteiger partial charge in [0.25, 0.3) is 5.91 Å². The van der Waals surface area contributed by atoms with Crippen LogP contribution in [0, 0.1) is 5.92 Å². The van der Waals surface area contributed by atoms with E-state index < -0.39 is 6.10 Å². The maximum Gasteiger partial charge on any atom is 0.257 e. The summed E-state index contributed by atoms with van der Waals surface area (Å²) in [5.41, 5.74) is 0.712. The fraction of sp³-hybridized carbons (Fsp3) is 0.533. The van der Waals surface area contributed by atoms with Gasteiger partial charge in [-0.3, -0.25) is 4.79 Å². The zero-order valence-electron chi connectivity index (χ0n) is 12.1. The number of nitrogens with one attached hydrogen (secondary N) is 1. The number of carbonyl (C=O) groups excluding carboxylic acids is 1. The highest BCUT2D eigenvalue weighted by molar-refractivity contribution is 6.32. The van der Waals surface area contributed by atoms with E-state index in [2.05, 4.69) is 19.2 Å². The second kappa shape index (κ2) is 8.12. The van der Waals surface area contributed by atoms with Crippen molar-refractivity contribution in [3.63, 3.8) is 0 Å². The molecular formula is C15H22ClNO3. The van der Waals surface area contributed by atoms with Crippen LogP contribution in [0.5, 0.6) is 5.75 Å². The van der Waals surface area contributed by atoms with E-state index in [1.807, 2.05) is 0 Å². The molecule has 0 saturated carbocycles. The van der Waals surface area contributed by atoms with Gasteiger partial charge in [0.1, 0.15) is 5.75 Å². The highest BCUT2D eigenvalue weighted by atomic mass is 35.5. The van der Waals surface area contributed by atoms with Gasteiger partial charge in [-0.1, -0.05) is 31.5 Å². The largest absolute Gasteiger partial charge is 0.482 e. The number of benzene rings is 1. The Morgan fingerprint density at radius 1 is 1.40 bits per heavy atom. The molecule has 5 heteroatoms. The molecule has 0 bridgehead atoms. The lowest BCUT2D eigenvalue weighted by Gasteiger charge is -2.11. The molecule has 0 unspecified atom stereocenters. The topological polar surface area (TPSA) is 58.6 Å². The van der Waals surface area contributed by atoms with E-state index in [-0.39, 0.29) is 12.5 Å². The van der Waals surface area contributed by atoms with E-state index in [9.17, 15) is 9.90 Å². The highest BCUT2D eigenvalue weighted by Gasteiger charge is 2.08.